The summed E-state index contributed by atoms with van der Waals surface area (Å²) in [5, 5.41) is 10.7. The molecule has 1 aromatic rings. The molecule has 0 amide bonds. The Hall–Kier alpha value is -1.13. The van der Waals surface area contributed by atoms with E-state index in [1.165, 1.54) is 0 Å². The maximum absolute atomic E-state index is 10.7. The van der Waals surface area contributed by atoms with Crippen LogP contribution in [0.3, 0.4) is 0 Å². The molecule has 1 aliphatic heterocycles. The predicted octanol–water partition coefficient (Wildman–Crippen LogP) is 2.26. The highest BCUT2D eigenvalue weighted by Crippen LogP contribution is 2.33. The van der Waals surface area contributed by atoms with E-state index in [2.05, 4.69) is 4.98 Å². The molecule has 4 nitrogen and oxygen atoms in total. The van der Waals surface area contributed by atoms with Crippen LogP contribution >= 0.6 is 0 Å². The van der Waals surface area contributed by atoms with Gasteiger partial charge in [-0.1, -0.05) is 0 Å². The van der Waals surface area contributed by atoms with Gasteiger partial charge in [-0.2, -0.15) is 0 Å². The summed E-state index contributed by atoms with van der Waals surface area (Å²) in [4.78, 5) is 4.16. The monoisotopic (exact) mass is 251 g/mol. The number of hydrogen-bond acceptors (Lipinski definition) is 4. The number of ether oxygens (including phenoxy) is 2. The number of pyridine rings is 1. The lowest BCUT2D eigenvalue weighted by atomic mass is 9.88. The average molecular weight is 251 g/mol. The maximum Gasteiger partial charge on any atom is 0.138 e. The van der Waals surface area contributed by atoms with Gasteiger partial charge in [0, 0.05) is 31.4 Å². The molecule has 1 unspecified atom stereocenters. The second-order valence-electron chi connectivity index (χ2n) is 5.07. The van der Waals surface area contributed by atoms with Crippen LogP contribution in [0, 0.1) is 0 Å². The molecule has 100 valence electrons. The summed E-state index contributed by atoms with van der Waals surface area (Å²) in [5.41, 5.74) is -0.00834. The summed E-state index contributed by atoms with van der Waals surface area (Å²) < 4.78 is 11.0. The van der Waals surface area contributed by atoms with Crippen molar-refractivity contribution in [2.45, 2.75) is 44.8 Å². The molecule has 1 N–H and O–H groups in total. The largest absolute Gasteiger partial charge is 0.489 e. The molecular weight excluding hydrogens is 230 g/mol. The molecular formula is C14H21NO3. The van der Waals surface area contributed by atoms with Crippen LogP contribution in [0.5, 0.6) is 5.75 Å². The van der Waals surface area contributed by atoms with Crippen LogP contribution in [0.25, 0.3) is 0 Å². The summed E-state index contributed by atoms with van der Waals surface area (Å²) in [7, 11) is 0. The predicted molar refractivity (Wildman–Crippen MR) is 68.6 cm³/mol. The normalized spacial score (nSPS) is 24.9. The van der Waals surface area contributed by atoms with E-state index in [9.17, 15) is 5.11 Å². The van der Waals surface area contributed by atoms with Crippen molar-refractivity contribution in [3.05, 3.63) is 24.0 Å². The molecule has 1 atom stereocenters. The second-order valence-corrected chi connectivity index (χ2v) is 5.07. The Labute approximate surface area is 108 Å². The van der Waals surface area contributed by atoms with E-state index in [1.54, 1.807) is 12.4 Å². The molecule has 2 heterocycles. The second kappa shape index (κ2) is 5.67. The van der Waals surface area contributed by atoms with Crippen molar-refractivity contribution in [2.75, 3.05) is 13.2 Å². The van der Waals surface area contributed by atoms with Crippen molar-refractivity contribution in [2.24, 2.45) is 0 Å². The minimum atomic E-state index is -0.833. The first kappa shape index (κ1) is 13.3. The van der Waals surface area contributed by atoms with Gasteiger partial charge in [0.15, 0.2) is 0 Å². The van der Waals surface area contributed by atoms with Gasteiger partial charge < -0.3 is 14.6 Å². The zero-order valence-corrected chi connectivity index (χ0v) is 11.1. The Bertz CT molecular complexity index is 384. The zero-order valence-electron chi connectivity index (χ0n) is 11.1. The van der Waals surface area contributed by atoms with Gasteiger partial charge in [0.25, 0.3) is 0 Å². The van der Waals surface area contributed by atoms with Gasteiger partial charge in [0.2, 0.25) is 0 Å². The molecule has 1 fully saturated rings. The van der Waals surface area contributed by atoms with Gasteiger partial charge in [-0.3, -0.25) is 4.98 Å². The fourth-order valence-corrected chi connectivity index (χ4v) is 2.23. The molecule has 0 spiro atoms. The van der Waals surface area contributed by atoms with Crippen molar-refractivity contribution in [1.29, 1.82) is 0 Å². The summed E-state index contributed by atoms with van der Waals surface area (Å²) in [5.74, 6) is 0.709. The van der Waals surface area contributed by atoms with Gasteiger partial charge in [-0.05, 0) is 32.8 Å². The SMILES string of the molecule is CC(C)Oc1cncc(C2(O)CCCOCC2)c1. The Morgan fingerprint density at radius 2 is 2.17 bits per heavy atom. The number of nitrogens with zero attached hydrogens (tertiary/aromatic N) is 1. The third-order valence-electron chi connectivity index (χ3n) is 3.16. The van der Waals surface area contributed by atoms with Crippen LogP contribution in [0.2, 0.25) is 0 Å². The summed E-state index contributed by atoms with van der Waals surface area (Å²) >= 11 is 0. The highest BCUT2D eigenvalue weighted by molar-refractivity contribution is 5.28. The number of hydrogen-bond donors (Lipinski definition) is 1. The quantitative estimate of drug-likeness (QED) is 0.895. The highest BCUT2D eigenvalue weighted by Gasteiger charge is 2.31. The van der Waals surface area contributed by atoms with Crippen LogP contribution in [-0.4, -0.2) is 29.4 Å². The van der Waals surface area contributed by atoms with Crippen LogP contribution in [-0.2, 0) is 10.3 Å². The molecule has 18 heavy (non-hydrogen) atoms. The smallest absolute Gasteiger partial charge is 0.138 e. The van der Waals surface area contributed by atoms with Gasteiger partial charge in [0.05, 0.1) is 17.9 Å². The molecule has 2 rings (SSSR count). The molecule has 0 bridgehead atoms. The van der Waals surface area contributed by atoms with E-state index in [1.807, 2.05) is 19.9 Å². The van der Waals surface area contributed by atoms with Crippen molar-refractivity contribution < 1.29 is 14.6 Å². The molecule has 0 aromatic carbocycles. The van der Waals surface area contributed by atoms with E-state index in [-0.39, 0.29) is 6.10 Å². The summed E-state index contributed by atoms with van der Waals surface area (Å²) in [6, 6.07) is 1.89. The summed E-state index contributed by atoms with van der Waals surface area (Å²) in [6.07, 6.45) is 5.69. The average Bonchev–Trinajstić information content (AvgIpc) is 2.55. The first-order valence-electron chi connectivity index (χ1n) is 6.52. The van der Waals surface area contributed by atoms with E-state index < -0.39 is 5.60 Å². The lowest BCUT2D eigenvalue weighted by Gasteiger charge is -2.26. The molecule has 4 heteroatoms. The van der Waals surface area contributed by atoms with Crippen LogP contribution in [0.15, 0.2) is 18.5 Å². The third kappa shape index (κ3) is 3.21. The van der Waals surface area contributed by atoms with Crippen LogP contribution in [0.4, 0.5) is 0 Å². The number of aliphatic hydroxyl groups is 1. The Kier molecular flexibility index (Phi) is 4.19. The van der Waals surface area contributed by atoms with E-state index in [0.717, 1.165) is 18.6 Å². The lowest BCUT2D eigenvalue weighted by Crippen LogP contribution is -2.26. The number of rotatable bonds is 3. The topological polar surface area (TPSA) is 51.6 Å². The van der Waals surface area contributed by atoms with Gasteiger partial charge in [-0.25, -0.2) is 0 Å². The minimum absolute atomic E-state index is 0.106. The Balaban J connectivity index is 2.20. The van der Waals surface area contributed by atoms with E-state index >= 15 is 0 Å². The molecule has 1 aliphatic rings. The van der Waals surface area contributed by atoms with E-state index in [0.29, 0.717) is 25.2 Å². The fourth-order valence-electron chi connectivity index (χ4n) is 2.23. The van der Waals surface area contributed by atoms with Crippen molar-refractivity contribution in [3.63, 3.8) is 0 Å². The van der Waals surface area contributed by atoms with Crippen molar-refractivity contribution in [3.8, 4) is 5.75 Å². The van der Waals surface area contributed by atoms with Crippen molar-refractivity contribution in [1.82, 2.24) is 4.98 Å². The third-order valence-corrected chi connectivity index (χ3v) is 3.16. The van der Waals surface area contributed by atoms with Gasteiger partial charge in [-0.15, -0.1) is 0 Å². The molecule has 0 saturated carbocycles. The van der Waals surface area contributed by atoms with E-state index in [4.69, 9.17) is 9.47 Å². The Morgan fingerprint density at radius 1 is 1.33 bits per heavy atom. The maximum atomic E-state index is 10.7. The van der Waals surface area contributed by atoms with Gasteiger partial charge in [0.1, 0.15) is 5.75 Å². The fraction of sp³-hybridized carbons (Fsp3) is 0.643. The first-order valence-corrected chi connectivity index (χ1v) is 6.52. The van der Waals surface area contributed by atoms with Crippen LogP contribution < -0.4 is 4.74 Å². The lowest BCUT2D eigenvalue weighted by molar-refractivity contribution is 0.0138. The first-order chi connectivity index (χ1) is 8.60. The highest BCUT2D eigenvalue weighted by atomic mass is 16.5. The summed E-state index contributed by atoms with van der Waals surface area (Å²) in [6.45, 7) is 5.26. The standard InChI is InChI=1S/C14H21NO3/c1-11(2)18-13-8-12(9-15-10-13)14(16)4-3-6-17-7-5-14/h8-11,16H,3-7H2,1-2H3. The Morgan fingerprint density at radius 3 is 2.94 bits per heavy atom. The minimum Gasteiger partial charge on any atom is -0.489 e. The molecule has 0 aliphatic carbocycles. The molecule has 1 saturated heterocycles. The van der Waals surface area contributed by atoms with Crippen LogP contribution in [0.1, 0.15) is 38.7 Å². The number of aromatic nitrogens is 1. The van der Waals surface area contributed by atoms with Crippen molar-refractivity contribution >= 4 is 0 Å². The zero-order chi connectivity index (χ0) is 13.0. The van der Waals surface area contributed by atoms with Gasteiger partial charge >= 0.3 is 0 Å². The molecule has 0 radical (unpaired) electrons. The molecule has 1 aromatic heterocycles.